The quantitative estimate of drug-likeness (QED) is 0.251. The van der Waals surface area contributed by atoms with Gasteiger partial charge >= 0.3 is 6.03 Å². The number of piperidine rings is 1. The minimum atomic E-state index is -1.07. The predicted molar refractivity (Wildman–Crippen MR) is 163 cm³/mol. The molecule has 5 N–H and O–H groups in total. The third-order valence-corrected chi connectivity index (χ3v) is 11.2. The summed E-state index contributed by atoms with van der Waals surface area (Å²) >= 11 is 1.82. The first-order valence-corrected chi connectivity index (χ1v) is 16.9. The van der Waals surface area contributed by atoms with Gasteiger partial charge in [0.05, 0.1) is 11.6 Å². The van der Waals surface area contributed by atoms with Crippen molar-refractivity contribution in [3.8, 4) is 0 Å². The molecule has 1 heterocycles. The first kappa shape index (κ1) is 32.6. The lowest BCUT2D eigenvalue weighted by Crippen LogP contribution is -2.63. The number of rotatable bonds is 12. The van der Waals surface area contributed by atoms with Gasteiger partial charge < -0.3 is 26.6 Å². The molecule has 3 aliphatic carbocycles. The van der Waals surface area contributed by atoms with E-state index >= 15 is 0 Å². The molecule has 5 amide bonds. The van der Waals surface area contributed by atoms with E-state index in [0.717, 1.165) is 56.5 Å². The monoisotopic (exact) mass is 605 g/mol. The third-order valence-electron chi connectivity index (χ3n) is 10.1. The molecular formula is C31H51N5O5S. The van der Waals surface area contributed by atoms with Gasteiger partial charge in [-0.3, -0.25) is 19.2 Å². The zero-order valence-electron chi connectivity index (χ0n) is 26.2. The Morgan fingerprint density at radius 1 is 1.02 bits per heavy atom. The first-order valence-electron chi connectivity index (χ1n) is 15.7. The van der Waals surface area contributed by atoms with Crippen molar-refractivity contribution >= 4 is 41.3 Å². The van der Waals surface area contributed by atoms with E-state index < -0.39 is 41.1 Å². The highest BCUT2D eigenvalue weighted by Gasteiger charge is 2.70. The van der Waals surface area contributed by atoms with Gasteiger partial charge in [-0.25, -0.2) is 4.79 Å². The van der Waals surface area contributed by atoms with Crippen LogP contribution >= 0.6 is 11.8 Å². The summed E-state index contributed by atoms with van der Waals surface area (Å²) in [4.78, 5) is 67.4. The molecule has 0 radical (unpaired) electrons. The highest BCUT2D eigenvalue weighted by atomic mass is 32.2. The number of hydrogen-bond donors (Lipinski definition) is 4. The van der Waals surface area contributed by atoms with Crippen molar-refractivity contribution < 1.29 is 24.0 Å². The molecule has 42 heavy (non-hydrogen) atoms. The predicted octanol–water partition coefficient (Wildman–Crippen LogP) is 2.98. The zero-order valence-corrected chi connectivity index (χ0v) is 27.0. The molecule has 0 spiro atoms. The molecule has 5 atom stereocenters. The molecule has 236 valence electrons. The number of carbonyl (C=O) groups excluding carboxylic acids is 5. The van der Waals surface area contributed by atoms with E-state index in [4.69, 9.17) is 5.73 Å². The summed E-state index contributed by atoms with van der Waals surface area (Å²) in [6, 6.07) is -3.00. The summed E-state index contributed by atoms with van der Waals surface area (Å²) in [6.07, 6.45) is 7.39. The fraction of sp³-hybridized carbons (Fsp3) is 0.839. The summed E-state index contributed by atoms with van der Waals surface area (Å²) in [7, 11) is 0. The highest BCUT2D eigenvalue weighted by molar-refractivity contribution is 7.99. The van der Waals surface area contributed by atoms with Crippen LogP contribution in [0, 0.1) is 28.6 Å². The van der Waals surface area contributed by atoms with Crippen molar-refractivity contribution in [2.75, 3.05) is 18.1 Å². The number of likely N-dealkylation sites (tertiary alicyclic amines) is 1. The highest BCUT2D eigenvalue weighted by Crippen LogP contribution is 2.65. The van der Waals surface area contributed by atoms with Crippen molar-refractivity contribution in [1.29, 1.82) is 0 Å². The number of primary amides is 1. The molecule has 3 saturated carbocycles. The van der Waals surface area contributed by atoms with Gasteiger partial charge in [0, 0.05) is 12.3 Å². The van der Waals surface area contributed by atoms with Crippen molar-refractivity contribution in [3.63, 3.8) is 0 Å². The van der Waals surface area contributed by atoms with Crippen LogP contribution in [0.15, 0.2) is 0 Å². The molecule has 0 aromatic carbocycles. The molecule has 2 unspecified atom stereocenters. The number of ketones is 1. The van der Waals surface area contributed by atoms with Crippen molar-refractivity contribution in [2.45, 2.75) is 117 Å². The molecule has 1 saturated heterocycles. The van der Waals surface area contributed by atoms with E-state index in [0.29, 0.717) is 13.0 Å². The lowest BCUT2D eigenvalue weighted by atomic mass is 9.83. The second-order valence-corrected chi connectivity index (χ2v) is 16.0. The van der Waals surface area contributed by atoms with Crippen LogP contribution in [0.1, 0.15) is 92.9 Å². The fourth-order valence-corrected chi connectivity index (χ4v) is 8.17. The molecule has 4 aliphatic rings. The molecule has 4 fully saturated rings. The van der Waals surface area contributed by atoms with Crippen LogP contribution in [-0.4, -0.2) is 76.2 Å². The summed E-state index contributed by atoms with van der Waals surface area (Å²) < 4.78 is 0. The number of urea groups is 1. The van der Waals surface area contributed by atoms with Crippen molar-refractivity contribution in [1.82, 2.24) is 20.9 Å². The SMILES string of the molecule is CCSCC1(NC(=O)N[C@H](C(=O)N2CC3[C@H]([C@H]2C(=O)NC(CC2CC2)C(=O)C(N)=O)C3(C)C)C(C)(C)C)CCCCC1. The minimum Gasteiger partial charge on any atom is -0.363 e. The number of amides is 5. The van der Waals surface area contributed by atoms with E-state index in [-0.39, 0.29) is 40.6 Å². The van der Waals surface area contributed by atoms with E-state index in [2.05, 4.69) is 36.7 Å². The Kier molecular flexibility index (Phi) is 9.60. The van der Waals surface area contributed by atoms with Crippen LogP contribution in [0.5, 0.6) is 0 Å². The molecule has 0 bridgehead atoms. The van der Waals surface area contributed by atoms with Gasteiger partial charge in [0.1, 0.15) is 12.1 Å². The van der Waals surface area contributed by atoms with Gasteiger partial charge in [-0.1, -0.05) is 73.6 Å². The van der Waals surface area contributed by atoms with Crippen LogP contribution < -0.4 is 21.7 Å². The van der Waals surface area contributed by atoms with Crippen molar-refractivity contribution in [3.05, 3.63) is 0 Å². The zero-order chi connectivity index (χ0) is 31.0. The van der Waals surface area contributed by atoms with Crippen LogP contribution in [0.25, 0.3) is 0 Å². The van der Waals surface area contributed by atoms with E-state index in [1.807, 2.05) is 32.5 Å². The number of hydrogen-bond acceptors (Lipinski definition) is 6. The Morgan fingerprint density at radius 2 is 1.67 bits per heavy atom. The smallest absolute Gasteiger partial charge is 0.315 e. The largest absolute Gasteiger partial charge is 0.363 e. The number of nitrogens with two attached hydrogens (primary N) is 1. The van der Waals surface area contributed by atoms with Crippen molar-refractivity contribution in [2.24, 2.45) is 34.3 Å². The van der Waals surface area contributed by atoms with Gasteiger partial charge in [0.2, 0.25) is 17.6 Å². The van der Waals surface area contributed by atoms with Gasteiger partial charge in [0.25, 0.3) is 5.91 Å². The Morgan fingerprint density at radius 3 is 2.21 bits per heavy atom. The maximum Gasteiger partial charge on any atom is 0.315 e. The van der Waals surface area contributed by atoms with Gasteiger partial charge in [-0.15, -0.1) is 0 Å². The fourth-order valence-electron chi connectivity index (χ4n) is 7.21. The second kappa shape index (κ2) is 12.4. The van der Waals surface area contributed by atoms with E-state index in [1.54, 1.807) is 4.90 Å². The summed E-state index contributed by atoms with van der Waals surface area (Å²) in [5.41, 5.74) is 4.26. The topological polar surface area (TPSA) is 151 Å². The lowest BCUT2D eigenvalue weighted by Gasteiger charge is -2.40. The average Bonchev–Trinajstić information content (AvgIpc) is 3.76. The molecule has 4 rings (SSSR count). The van der Waals surface area contributed by atoms with Gasteiger partial charge in [-0.2, -0.15) is 11.8 Å². The van der Waals surface area contributed by atoms with Crippen LogP contribution in [0.4, 0.5) is 4.79 Å². The van der Waals surface area contributed by atoms with Crippen LogP contribution in [0.2, 0.25) is 0 Å². The minimum absolute atomic E-state index is 0.0715. The molecule has 11 heteroatoms. The summed E-state index contributed by atoms with van der Waals surface area (Å²) in [5, 5.41) is 9.06. The van der Waals surface area contributed by atoms with Gasteiger partial charge in [-0.05, 0) is 53.6 Å². The lowest BCUT2D eigenvalue weighted by molar-refractivity contribution is -0.145. The summed E-state index contributed by atoms with van der Waals surface area (Å²) in [5.74, 6) is -0.460. The van der Waals surface area contributed by atoms with E-state index in [9.17, 15) is 24.0 Å². The number of fused-ring (bicyclic) bond motifs is 1. The van der Waals surface area contributed by atoms with Crippen LogP contribution in [-0.2, 0) is 19.2 Å². The van der Waals surface area contributed by atoms with Crippen LogP contribution in [0.3, 0.4) is 0 Å². The summed E-state index contributed by atoms with van der Waals surface area (Å²) in [6.45, 7) is 12.4. The molecule has 1 aliphatic heterocycles. The number of thioether (sulfide) groups is 1. The molecule has 10 nitrogen and oxygen atoms in total. The maximum absolute atomic E-state index is 14.2. The maximum atomic E-state index is 14.2. The number of nitrogens with one attached hydrogen (secondary N) is 3. The average molecular weight is 606 g/mol. The number of Topliss-reactive ketones (excluding diaryl/α,β-unsaturated/α-hetero) is 1. The third kappa shape index (κ3) is 7.08. The number of carbonyl (C=O) groups is 5. The standard InChI is InChI=1S/C31H51N5O5S/c1-7-42-17-31(13-9-8-10-14-31)35-28(41)34-24(29(2,3)4)27(40)36-16-19-21(30(19,5)6)22(36)26(39)33-20(15-18-11-12-18)23(37)25(32)38/h18-22,24H,7-17H2,1-6H3,(H2,32,38)(H,33,39)(H2,34,35,41)/t19?,20?,21-,22+,24-/m1/s1. The second-order valence-electron chi connectivity index (χ2n) is 14.7. The van der Waals surface area contributed by atoms with E-state index in [1.165, 1.54) is 0 Å². The van der Waals surface area contributed by atoms with Gasteiger partial charge in [0.15, 0.2) is 0 Å². The molecule has 0 aromatic heterocycles. The molecule has 0 aromatic rings. The normalized spacial score (nSPS) is 27.3. The Bertz CT molecular complexity index is 1080. The number of nitrogens with zero attached hydrogens (tertiary/aromatic N) is 1. The Hall–Kier alpha value is -2.30. The first-order chi connectivity index (χ1) is 19.6. The Balaban J connectivity index is 1.52. The molecular weight excluding hydrogens is 554 g/mol. The Labute approximate surface area is 254 Å².